The van der Waals surface area contributed by atoms with E-state index in [9.17, 15) is 8.42 Å². The summed E-state index contributed by atoms with van der Waals surface area (Å²) in [5, 5.41) is 10.7. The molecule has 0 amide bonds. The van der Waals surface area contributed by atoms with Gasteiger partial charge in [0.05, 0.1) is 11.4 Å². The Labute approximate surface area is 166 Å². The monoisotopic (exact) mass is 404 g/mol. The van der Waals surface area contributed by atoms with Crippen molar-refractivity contribution in [1.29, 1.82) is 0 Å². The maximum Gasteiger partial charge on any atom is 0.240 e. The largest absolute Gasteiger partial charge is 0.357 e. The third kappa shape index (κ3) is 6.35. The lowest BCUT2D eigenvalue weighted by molar-refractivity contribution is 0.570. The molecule has 28 heavy (non-hydrogen) atoms. The van der Waals surface area contributed by atoms with E-state index in [0.29, 0.717) is 11.4 Å². The quantitative estimate of drug-likeness (QED) is 0.316. The highest BCUT2D eigenvalue weighted by atomic mass is 32.2. The molecule has 1 heterocycles. The van der Waals surface area contributed by atoms with Crippen molar-refractivity contribution in [3.05, 3.63) is 48.3 Å². The van der Waals surface area contributed by atoms with Crippen LogP contribution in [0.2, 0.25) is 0 Å². The van der Waals surface area contributed by atoms with Gasteiger partial charge in [-0.25, -0.2) is 18.1 Å². The van der Waals surface area contributed by atoms with Gasteiger partial charge in [-0.15, -0.1) is 0 Å². The highest BCUT2D eigenvalue weighted by Crippen LogP contribution is 2.22. The van der Waals surface area contributed by atoms with Gasteiger partial charge in [0.25, 0.3) is 0 Å². The Morgan fingerprint density at radius 1 is 1.25 bits per heavy atom. The molecule has 152 valence electrons. The van der Waals surface area contributed by atoms with Gasteiger partial charge in [0.15, 0.2) is 5.96 Å². The Morgan fingerprint density at radius 3 is 2.68 bits per heavy atom. The van der Waals surface area contributed by atoms with Gasteiger partial charge in [0, 0.05) is 38.1 Å². The molecule has 1 aliphatic rings. The molecular formula is C19H28N6O2S. The van der Waals surface area contributed by atoms with Crippen LogP contribution in [-0.4, -0.2) is 43.3 Å². The fourth-order valence-corrected chi connectivity index (χ4v) is 3.96. The fourth-order valence-electron chi connectivity index (χ4n) is 2.66. The summed E-state index contributed by atoms with van der Waals surface area (Å²) in [5.41, 5.74) is 0.958. The summed E-state index contributed by atoms with van der Waals surface area (Å²) in [7, 11) is -3.40. The van der Waals surface area contributed by atoms with Crippen molar-refractivity contribution < 1.29 is 8.42 Å². The second kappa shape index (κ2) is 9.70. The van der Waals surface area contributed by atoms with Crippen LogP contribution in [0.15, 0.2) is 52.6 Å². The number of guanidine groups is 1. The SMILES string of the molecule is CCNC(=NCc1ccc(S(=O)(=O)NC2CC2)cc1)NCCCn1cccn1. The normalized spacial score (nSPS) is 14.8. The molecule has 0 spiro atoms. The third-order valence-electron chi connectivity index (χ3n) is 4.31. The number of sulfonamides is 1. The summed E-state index contributed by atoms with van der Waals surface area (Å²) in [5.74, 6) is 0.745. The van der Waals surface area contributed by atoms with Gasteiger partial charge < -0.3 is 10.6 Å². The predicted molar refractivity (Wildman–Crippen MR) is 109 cm³/mol. The van der Waals surface area contributed by atoms with Crippen LogP contribution in [0.25, 0.3) is 0 Å². The molecule has 8 nitrogen and oxygen atoms in total. The number of nitrogens with one attached hydrogen (secondary N) is 3. The van der Waals surface area contributed by atoms with Crippen LogP contribution in [-0.2, 0) is 23.1 Å². The molecule has 0 saturated heterocycles. The second-order valence-corrected chi connectivity index (χ2v) is 8.50. The van der Waals surface area contributed by atoms with E-state index in [1.165, 1.54) is 0 Å². The molecule has 9 heteroatoms. The minimum absolute atomic E-state index is 0.108. The molecule has 1 fully saturated rings. The first-order chi connectivity index (χ1) is 13.6. The van der Waals surface area contributed by atoms with Crippen LogP contribution in [0.4, 0.5) is 0 Å². The van der Waals surface area contributed by atoms with E-state index in [-0.39, 0.29) is 6.04 Å². The number of aliphatic imine (C=N–C) groups is 1. The summed E-state index contributed by atoms with van der Waals surface area (Å²) in [6.07, 6.45) is 6.51. The zero-order valence-electron chi connectivity index (χ0n) is 16.1. The fraction of sp³-hybridized carbons (Fsp3) is 0.474. The molecule has 3 N–H and O–H groups in total. The molecule has 0 bridgehead atoms. The van der Waals surface area contributed by atoms with E-state index in [1.54, 1.807) is 18.3 Å². The number of aromatic nitrogens is 2. The van der Waals surface area contributed by atoms with E-state index in [1.807, 2.05) is 36.0 Å². The molecule has 1 aliphatic carbocycles. The molecule has 3 rings (SSSR count). The van der Waals surface area contributed by atoms with E-state index < -0.39 is 10.0 Å². The lowest BCUT2D eigenvalue weighted by Gasteiger charge is -2.11. The zero-order valence-corrected chi connectivity index (χ0v) is 17.0. The van der Waals surface area contributed by atoms with E-state index in [0.717, 1.165) is 50.4 Å². The summed E-state index contributed by atoms with van der Waals surface area (Å²) in [6.45, 7) is 4.91. The van der Waals surface area contributed by atoms with Crippen molar-refractivity contribution in [2.75, 3.05) is 13.1 Å². The van der Waals surface area contributed by atoms with Crippen LogP contribution in [0.3, 0.4) is 0 Å². The molecule has 1 aromatic carbocycles. The zero-order chi connectivity index (χ0) is 19.8. The Hall–Kier alpha value is -2.39. The molecule has 0 radical (unpaired) electrons. The maximum atomic E-state index is 12.2. The van der Waals surface area contributed by atoms with Crippen molar-refractivity contribution in [3.8, 4) is 0 Å². The first-order valence-corrected chi connectivity index (χ1v) is 11.2. The average Bonchev–Trinajstić information content (AvgIpc) is 3.33. The van der Waals surface area contributed by atoms with Crippen LogP contribution in [0.5, 0.6) is 0 Å². The highest BCUT2D eigenvalue weighted by molar-refractivity contribution is 7.89. The van der Waals surface area contributed by atoms with Gasteiger partial charge in [-0.05, 0) is 49.9 Å². The first-order valence-electron chi connectivity index (χ1n) is 9.68. The van der Waals surface area contributed by atoms with Crippen molar-refractivity contribution in [3.63, 3.8) is 0 Å². The minimum Gasteiger partial charge on any atom is -0.357 e. The standard InChI is InChI=1S/C19H28N6O2S/c1-2-20-19(21-11-3-13-25-14-4-12-23-25)22-15-16-5-9-18(10-6-16)28(26,27)24-17-7-8-17/h4-6,9-10,12,14,17,24H,2-3,7-8,11,13,15H2,1H3,(H2,20,21,22). The Bertz CT molecular complexity index is 858. The van der Waals surface area contributed by atoms with Gasteiger partial charge in [-0.1, -0.05) is 12.1 Å². The molecule has 0 aliphatic heterocycles. The number of hydrogen-bond acceptors (Lipinski definition) is 4. The highest BCUT2D eigenvalue weighted by Gasteiger charge is 2.27. The van der Waals surface area contributed by atoms with Gasteiger partial charge in [-0.3, -0.25) is 4.68 Å². The third-order valence-corrected chi connectivity index (χ3v) is 5.85. The van der Waals surface area contributed by atoms with Gasteiger partial charge in [0.1, 0.15) is 0 Å². The molecule has 1 aromatic heterocycles. The smallest absolute Gasteiger partial charge is 0.240 e. The number of rotatable bonds is 10. The van der Waals surface area contributed by atoms with Gasteiger partial charge >= 0.3 is 0 Å². The van der Waals surface area contributed by atoms with Crippen molar-refractivity contribution in [1.82, 2.24) is 25.1 Å². The molecular weight excluding hydrogens is 376 g/mol. The first kappa shape index (κ1) is 20.3. The number of hydrogen-bond donors (Lipinski definition) is 3. The number of benzene rings is 1. The van der Waals surface area contributed by atoms with E-state index >= 15 is 0 Å². The lowest BCUT2D eigenvalue weighted by atomic mass is 10.2. The van der Waals surface area contributed by atoms with Crippen LogP contribution < -0.4 is 15.4 Å². The number of aryl methyl sites for hydroxylation is 1. The van der Waals surface area contributed by atoms with Crippen LogP contribution >= 0.6 is 0 Å². The predicted octanol–water partition coefficient (Wildman–Crippen LogP) is 1.47. The molecule has 1 saturated carbocycles. The molecule has 0 atom stereocenters. The van der Waals surface area contributed by atoms with Crippen molar-refractivity contribution in [2.24, 2.45) is 4.99 Å². The van der Waals surface area contributed by atoms with Gasteiger partial charge in [0.2, 0.25) is 10.0 Å². The summed E-state index contributed by atoms with van der Waals surface area (Å²) in [4.78, 5) is 4.88. The summed E-state index contributed by atoms with van der Waals surface area (Å²) >= 11 is 0. The summed E-state index contributed by atoms with van der Waals surface area (Å²) in [6, 6.07) is 8.92. The maximum absolute atomic E-state index is 12.2. The topological polar surface area (TPSA) is 100 Å². The molecule has 2 aromatic rings. The van der Waals surface area contributed by atoms with Crippen molar-refractivity contribution in [2.45, 2.75) is 50.2 Å². The lowest BCUT2D eigenvalue weighted by Crippen LogP contribution is -2.38. The van der Waals surface area contributed by atoms with E-state index in [2.05, 4.69) is 25.4 Å². The van der Waals surface area contributed by atoms with Crippen molar-refractivity contribution >= 4 is 16.0 Å². The van der Waals surface area contributed by atoms with E-state index in [4.69, 9.17) is 0 Å². The number of nitrogens with zero attached hydrogens (tertiary/aromatic N) is 3. The average molecular weight is 405 g/mol. The Morgan fingerprint density at radius 2 is 2.04 bits per heavy atom. The van der Waals surface area contributed by atoms with Gasteiger partial charge in [-0.2, -0.15) is 5.10 Å². The Kier molecular flexibility index (Phi) is 7.05. The van der Waals surface area contributed by atoms with Crippen LogP contribution in [0, 0.1) is 0 Å². The summed E-state index contributed by atoms with van der Waals surface area (Å²) < 4.78 is 29.0. The second-order valence-electron chi connectivity index (χ2n) is 6.78. The Balaban J connectivity index is 1.50. The minimum atomic E-state index is -3.40. The molecule has 0 unspecified atom stereocenters. The van der Waals surface area contributed by atoms with Crippen LogP contribution in [0.1, 0.15) is 31.7 Å².